The number of halogens is 3. The zero-order chi connectivity index (χ0) is 26.6. The van der Waals surface area contributed by atoms with Crippen molar-refractivity contribution in [2.75, 3.05) is 50.0 Å². The van der Waals surface area contributed by atoms with E-state index in [0.717, 1.165) is 17.8 Å². The summed E-state index contributed by atoms with van der Waals surface area (Å²) in [6.07, 6.45) is -2.33. The molecular formula is C22H28F3N3O6S2. The third-order valence-electron chi connectivity index (χ3n) is 5.49. The summed E-state index contributed by atoms with van der Waals surface area (Å²) in [5.41, 5.74) is 0.189. The van der Waals surface area contributed by atoms with Gasteiger partial charge in [0.1, 0.15) is 10.6 Å². The molecule has 0 bridgehead atoms. The van der Waals surface area contributed by atoms with Gasteiger partial charge in [-0.3, -0.25) is 9.17 Å². The number of anilines is 1. The van der Waals surface area contributed by atoms with Crippen molar-refractivity contribution in [1.29, 1.82) is 0 Å². The molecule has 2 heterocycles. The van der Waals surface area contributed by atoms with E-state index in [-0.39, 0.29) is 67.9 Å². The first-order chi connectivity index (χ1) is 16.8. The van der Waals surface area contributed by atoms with Crippen molar-refractivity contribution >= 4 is 25.8 Å². The summed E-state index contributed by atoms with van der Waals surface area (Å²) in [4.78, 5) is 5.19. The zero-order valence-corrected chi connectivity index (χ0v) is 21.5. The van der Waals surface area contributed by atoms with Crippen molar-refractivity contribution in [1.82, 2.24) is 9.29 Å². The van der Waals surface area contributed by atoms with Gasteiger partial charge in [-0.1, -0.05) is 6.07 Å². The lowest BCUT2D eigenvalue weighted by Gasteiger charge is -2.35. The average Bonchev–Trinajstić information content (AvgIpc) is 2.81. The summed E-state index contributed by atoms with van der Waals surface area (Å²) in [5, 5.41) is 0. The first kappa shape index (κ1) is 28.2. The number of nitrogens with zero attached hydrogens (tertiary/aromatic N) is 3. The Hall–Kier alpha value is -2.42. The lowest BCUT2D eigenvalue weighted by atomic mass is 10.2. The molecule has 0 atom stereocenters. The Morgan fingerprint density at radius 2 is 1.72 bits per heavy atom. The van der Waals surface area contributed by atoms with Gasteiger partial charge in [-0.15, -0.1) is 0 Å². The lowest BCUT2D eigenvalue weighted by Crippen LogP contribution is -2.49. The van der Waals surface area contributed by atoms with E-state index in [9.17, 15) is 30.0 Å². The average molecular weight is 552 g/mol. The summed E-state index contributed by atoms with van der Waals surface area (Å²) in [7, 11) is -7.64. The highest BCUT2D eigenvalue weighted by Gasteiger charge is 2.32. The predicted octanol–water partition coefficient (Wildman–Crippen LogP) is 3.05. The summed E-state index contributed by atoms with van der Waals surface area (Å²) < 4.78 is 101. The third kappa shape index (κ3) is 7.08. The van der Waals surface area contributed by atoms with Crippen LogP contribution in [0.4, 0.5) is 18.9 Å². The van der Waals surface area contributed by atoms with Crippen LogP contribution >= 0.6 is 0 Å². The van der Waals surface area contributed by atoms with Gasteiger partial charge in [0.05, 0.1) is 36.4 Å². The Bertz CT molecular complexity index is 1260. The molecule has 1 aliphatic heterocycles. The number of rotatable bonds is 10. The van der Waals surface area contributed by atoms with Crippen molar-refractivity contribution in [2.24, 2.45) is 0 Å². The second-order valence-corrected chi connectivity index (χ2v) is 11.8. The lowest BCUT2D eigenvalue weighted by molar-refractivity contribution is -0.137. The standard InChI is InChI=1S/C22H28F3N3O6S2/c1-3-34-36(31,32)21-6-5-17(2)13-20(21)33-11-4-12-35(29,30)28-9-7-27(8-10-28)19-14-18(15-26-16-19)22(23,24)25/h5-6,13-16H,3-4,7-12H2,1-2H3. The van der Waals surface area contributed by atoms with Crippen LogP contribution in [-0.2, 0) is 30.5 Å². The summed E-state index contributed by atoms with van der Waals surface area (Å²) in [6.45, 7) is 3.93. The molecular weight excluding hydrogens is 523 g/mol. The molecule has 0 unspecified atom stereocenters. The number of piperazine rings is 1. The number of pyridine rings is 1. The number of aryl methyl sites for hydroxylation is 1. The fourth-order valence-electron chi connectivity index (χ4n) is 3.69. The third-order valence-corrected chi connectivity index (χ3v) is 8.87. The van der Waals surface area contributed by atoms with Gasteiger partial charge in [-0.25, -0.2) is 8.42 Å². The van der Waals surface area contributed by atoms with Gasteiger partial charge in [0, 0.05) is 32.4 Å². The molecule has 3 rings (SSSR count). The minimum Gasteiger partial charge on any atom is -0.492 e. The van der Waals surface area contributed by atoms with Crippen LogP contribution in [0.5, 0.6) is 5.75 Å². The summed E-state index contributed by atoms with van der Waals surface area (Å²) in [5.74, 6) is -0.138. The highest BCUT2D eigenvalue weighted by atomic mass is 32.2. The van der Waals surface area contributed by atoms with Gasteiger partial charge >= 0.3 is 16.3 Å². The molecule has 36 heavy (non-hydrogen) atoms. The first-order valence-electron chi connectivity index (χ1n) is 11.2. The van der Waals surface area contributed by atoms with Gasteiger partial charge in [0.15, 0.2) is 0 Å². The SMILES string of the molecule is CCOS(=O)(=O)c1ccc(C)cc1OCCCS(=O)(=O)N1CCN(c2cncc(C(F)(F)F)c2)CC1. The van der Waals surface area contributed by atoms with Crippen LogP contribution in [0.15, 0.2) is 41.6 Å². The smallest absolute Gasteiger partial charge is 0.417 e. The second-order valence-electron chi connectivity index (χ2n) is 8.14. The maximum Gasteiger partial charge on any atom is 0.417 e. The highest BCUT2D eigenvalue weighted by molar-refractivity contribution is 7.89. The Morgan fingerprint density at radius 3 is 2.36 bits per heavy atom. The van der Waals surface area contributed by atoms with Crippen LogP contribution in [0.2, 0.25) is 0 Å². The van der Waals surface area contributed by atoms with Crippen molar-refractivity contribution in [3.8, 4) is 5.75 Å². The highest BCUT2D eigenvalue weighted by Crippen LogP contribution is 2.31. The minimum absolute atomic E-state index is 0.0345. The molecule has 9 nitrogen and oxygen atoms in total. The zero-order valence-electron chi connectivity index (χ0n) is 19.9. The van der Waals surface area contributed by atoms with E-state index in [0.29, 0.717) is 0 Å². The normalized spacial score (nSPS) is 15.8. The van der Waals surface area contributed by atoms with E-state index >= 15 is 0 Å². The Labute approximate surface area is 209 Å². The Morgan fingerprint density at radius 1 is 1.03 bits per heavy atom. The van der Waals surface area contributed by atoms with Crippen LogP contribution in [-0.4, -0.2) is 71.3 Å². The number of benzene rings is 1. The Kier molecular flexibility index (Phi) is 8.85. The first-order valence-corrected chi connectivity index (χ1v) is 14.2. The van der Waals surface area contributed by atoms with Crippen LogP contribution in [0.1, 0.15) is 24.5 Å². The molecule has 0 N–H and O–H groups in total. The van der Waals surface area contributed by atoms with Crippen LogP contribution in [0.3, 0.4) is 0 Å². The fraction of sp³-hybridized carbons (Fsp3) is 0.500. The monoisotopic (exact) mass is 551 g/mol. The van der Waals surface area contributed by atoms with Crippen molar-refractivity contribution in [3.05, 3.63) is 47.8 Å². The molecule has 1 saturated heterocycles. The number of hydrogen-bond donors (Lipinski definition) is 0. The quantitative estimate of drug-likeness (QED) is 0.328. The number of ether oxygens (including phenoxy) is 1. The number of hydrogen-bond acceptors (Lipinski definition) is 8. The van der Waals surface area contributed by atoms with Crippen molar-refractivity contribution in [2.45, 2.75) is 31.3 Å². The second kappa shape index (κ2) is 11.3. The van der Waals surface area contributed by atoms with E-state index in [1.165, 1.54) is 16.6 Å². The fourth-order valence-corrected chi connectivity index (χ4v) is 6.18. The number of aromatic nitrogens is 1. The van der Waals surface area contributed by atoms with E-state index < -0.39 is 31.9 Å². The summed E-state index contributed by atoms with van der Waals surface area (Å²) >= 11 is 0. The van der Waals surface area contributed by atoms with Crippen molar-refractivity contribution in [3.63, 3.8) is 0 Å². The minimum atomic E-state index is -4.51. The van der Waals surface area contributed by atoms with Crippen LogP contribution in [0.25, 0.3) is 0 Å². The number of sulfonamides is 1. The van der Waals surface area contributed by atoms with Gasteiger partial charge in [0.25, 0.3) is 0 Å². The van der Waals surface area contributed by atoms with Crippen LogP contribution in [0, 0.1) is 6.92 Å². The molecule has 0 amide bonds. The maximum absolute atomic E-state index is 13.0. The van der Waals surface area contributed by atoms with E-state index in [1.807, 2.05) is 0 Å². The molecule has 0 saturated carbocycles. The molecule has 14 heteroatoms. The van der Waals surface area contributed by atoms with Crippen LogP contribution < -0.4 is 9.64 Å². The Balaban J connectivity index is 1.55. The molecule has 200 valence electrons. The largest absolute Gasteiger partial charge is 0.492 e. The van der Waals surface area contributed by atoms with Gasteiger partial charge in [-0.05, 0) is 44.0 Å². The number of alkyl halides is 3. The molecule has 1 aromatic carbocycles. The van der Waals surface area contributed by atoms with Crippen molar-refractivity contribution < 1.29 is 38.9 Å². The van der Waals surface area contributed by atoms with Gasteiger partial charge < -0.3 is 9.64 Å². The molecule has 2 aromatic rings. The van der Waals surface area contributed by atoms with E-state index in [1.54, 1.807) is 30.9 Å². The van der Waals surface area contributed by atoms with Gasteiger partial charge in [-0.2, -0.15) is 25.9 Å². The van der Waals surface area contributed by atoms with E-state index in [2.05, 4.69) is 4.98 Å². The predicted molar refractivity (Wildman–Crippen MR) is 127 cm³/mol. The molecule has 1 aromatic heterocycles. The molecule has 0 spiro atoms. The van der Waals surface area contributed by atoms with Gasteiger partial charge in [0.2, 0.25) is 10.0 Å². The maximum atomic E-state index is 13.0. The van der Waals surface area contributed by atoms with E-state index in [4.69, 9.17) is 8.92 Å². The molecule has 1 aliphatic rings. The molecule has 0 radical (unpaired) electrons. The summed E-state index contributed by atoms with van der Waals surface area (Å²) in [6, 6.07) is 5.53. The molecule has 0 aliphatic carbocycles. The molecule has 1 fully saturated rings. The topological polar surface area (TPSA) is 106 Å².